The number of allylic oxidation sites excluding steroid dienone is 2. The van der Waals surface area contributed by atoms with E-state index in [2.05, 4.69) is 61.7 Å². The lowest BCUT2D eigenvalue weighted by Crippen LogP contribution is -2.50. The summed E-state index contributed by atoms with van der Waals surface area (Å²) in [6.45, 7) is 10.0. The number of hydrogen-bond donors (Lipinski definition) is 2. The highest BCUT2D eigenvalue weighted by molar-refractivity contribution is 5.87. The summed E-state index contributed by atoms with van der Waals surface area (Å²) >= 11 is 0. The van der Waals surface area contributed by atoms with Gasteiger partial charge in [0.05, 0.1) is 49.1 Å². The van der Waals surface area contributed by atoms with Gasteiger partial charge in [-0.3, -0.25) is 14.4 Å². The van der Waals surface area contributed by atoms with E-state index >= 15 is 0 Å². The molecule has 1 spiro atoms. The molecule has 2 amide bonds. The van der Waals surface area contributed by atoms with Crippen LogP contribution in [0.4, 0.5) is 0 Å². The minimum atomic E-state index is -0.459. The zero-order valence-electron chi connectivity index (χ0n) is 29.0. The Morgan fingerprint density at radius 3 is 2.39 bits per heavy atom. The molecule has 46 heavy (non-hydrogen) atoms. The number of carbonyl (C=O) groups excluding carboxylic acids is 3. The summed E-state index contributed by atoms with van der Waals surface area (Å²) in [7, 11) is 4.26. The number of esters is 1. The number of epoxide rings is 1. The first-order chi connectivity index (χ1) is 21.8. The quantitative estimate of drug-likeness (QED) is 0.139. The maximum absolute atomic E-state index is 12.9. The van der Waals surface area contributed by atoms with Gasteiger partial charge in [0, 0.05) is 37.9 Å². The first-order valence-electron chi connectivity index (χ1n) is 17.2. The number of carbonyl (C=O) groups is 3. The molecule has 0 aromatic heterocycles. The van der Waals surface area contributed by atoms with Gasteiger partial charge in [-0.2, -0.15) is 0 Å². The fourth-order valence-electron chi connectivity index (χ4n) is 7.11. The minimum absolute atomic E-state index is 0.0564. The second-order valence-electron chi connectivity index (χ2n) is 14.3. The lowest BCUT2D eigenvalue weighted by molar-refractivity contribution is -0.143. The second-order valence-corrected chi connectivity index (χ2v) is 14.3. The third-order valence-electron chi connectivity index (χ3n) is 9.96. The standard InChI is InChI=1S/C36H57N3O7/c1-23(9-16-33-24(2)18-32(26(4)45-33)38-34(41)17-10-25(3)44-27(5)40)8-15-30-20-36(22-43-36)21-31(46-30)19-35(42)37-28-11-13-29(14-12-28)39(6)7/h8-10,15,17,24-26,28-33H,11-14,16,18-22H2,1-7H3,(H,37,42)(H,38,41)/b15-8+,17-10-,23-9+/t24-,25?,26+,28-,29+,30+,31+,32+,33-,36+/m0/s1. The van der Waals surface area contributed by atoms with Gasteiger partial charge < -0.3 is 34.5 Å². The molecule has 4 rings (SSSR count). The van der Waals surface area contributed by atoms with Gasteiger partial charge in [0.15, 0.2) is 0 Å². The van der Waals surface area contributed by atoms with Gasteiger partial charge in [0.25, 0.3) is 0 Å². The van der Waals surface area contributed by atoms with Gasteiger partial charge >= 0.3 is 5.97 Å². The second kappa shape index (κ2) is 16.5. The summed E-state index contributed by atoms with van der Waals surface area (Å²) in [5.74, 6) is -0.257. The average molecular weight is 644 g/mol. The summed E-state index contributed by atoms with van der Waals surface area (Å²) in [6.07, 6.45) is 16.5. The zero-order chi connectivity index (χ0) is 33.4. The summed E-state index contributed by atoms with van der Waals surface area (Å²) < 4.78 is 23.6. The summed E-state index contributed by atoms with van der Waals surface area (Å²) in [6, 6.07) is 0.780. The van der Waals surface area contributed by atoms with Crippen molar-refractivity contribution in [1.29, 1.82) is 0 Å². The van der Waals surface area contributed by atoms with E-state index in [-0.39, 0.29) is 65.8 Å². The van der Waals surface area contributed by atoms with Gasteiger partial charge in [0.1, 0.15) is 6.10 Å². The summed E-state index contributed by atoms with van der Waals surface area (Å²) in [5.41, 5.74) is 0.983. The first-order valence-corrected chi connectivity index (χ1v) is 17.2. The van der Waals surface area contributed by atoms with Crippen LogP contribution in [0.5, 0.6) is 0 Å². The Morgan fingerprint density at radius 2 is 1.74 bits per heavy atom. The SMILES string of the molecule is CC(=O)OC(C)/C=C\C(=O)N[C@@H]1C[C@H](C)[C@H](C/C=C(C)/C=C/[C@@H]2C[C@]3(CO3)C[C@@H](CC(=O)N[C@H]3CC[C@@H](N(C)C)CC3)O2)O[C@@H]1C. The van der Waals surface area contributed by atoms with Crippen molar-refractivity contribution in [2.45, 2.75) is 147 Å². The molecule has 258 valence electrons. The third kappa shape index (κ3) is 11.3. The fourth-order valence-corrected chi connectivity index (χ4v) is 7.11. The Labute approximate surface area is 275 Å². The summed E-state index contributed by atoms with van der Waals surface area (Å²) in [5, 5.41) is 6.30. The van der Waals surface area contributed by atoms with Crippen molar-refractivity contribution in [3.63, 3.8) is 0 Å². The predicted octanol–water partition coefficient (Wildman–Crippen LogP) is 4.38. The lowest BCUT2D eigenvalue weighted by Gasteiger charge is -2.39. The molecule has 10 heteroatoms. The topological polar surface area (TPSA) is 119 Å². The van der Waals surface area contributed by atoms with E-state index in [1.807, 2.05) is 6.92 Å². The van der Waals surface area contributed by atoms with Crippen LogP contribution < -0.4 is 10.6 Å². The minimum Gasteiger partial charge on any atom is -0.459 e. The van der Waals surface area contributed by atoms with Crippen molar-refractivity contribution < 1.29 is 33.3 Å². The Kier molecular flexibility index (Phi) is 13.0. The molecular formula is C36H57N3O7. The van der Waals surface area contributed by atoms with E-state index in [9.17, 15) is 14.4 Å². The van der Waals surface area contributed by atoms with Crippen LogP contribution in [0.15, 0.2) is 36.0 Å². The maximum Gasteiger partial charge on any atom is 0.303 e. The number of nitrogens with zero attached hydrogens (tertiary/aromatic N) is 1. The smallest absolute Gasteiger partial charge is 0.303 e. The van der Waals surface area contributed by atoms with Crippen LogP contribution in [0.2, 0.25) is 0 Å². The molecule has 0 aromatic rings. The highest BCUT2D eigenvalue weighted by atomic mass is 16.6. The molecule has 1 unspecified atom stereocenters. The molecule has 1 aliphatic carbocycles. The van der Waals surface area contributed by atoms with Gasteiger partial charge in [-0.25, -0.2) is 0 Å². The number of hydrogen-bond acceptors (Lipinski definition) is 8. The van der Waals surface area contributed by atoms with Crippen LogP contribution in [0.3, 0.4) is 0 Å². The van der Waals surface area contributed by atoms with Crippen molar-refractivity contribution >= 4 is 17.8 Å². The molecule has 4 aliphatic rings. The molecule has 1 saturated carbocycles. The number of amides is 2. The molecular weight excluding hydrogens is 586 g/mol. The number of nitrogens with one attached hydrogen (secondary N) is 2. The molecule has 2 N–H and O–H groups in total. The van der Waals surface area contributed by atoms with E-state index in [4.69, 9.17) is 18.9 Å². The van der Waals surface area contributed by atoms with Crippen molar-refractivity contribution in [3.05, 3.63) is 36.0 Å². The third-order valence-corrected chi connectivity index (χ3v) is 9.96. The number of ether oxygens (including phenoxy) is 4. The van der Waals surface area contributed by atoms with Gasteiger partial charge in [-0.05, 0) is 85.4 Å². The molecule has 3 heterocycles. The molecule has 0 radical (unpaired) electrons. The average Bonchev–Trinajstić information content (AvgIpc) is 3.72. The lowest BCUT2D eigenvalue weighted by atomic mass is 9.88. The van der Waals surface area contributed by atoms with Crippen molar-refractivity contribution in [2.75, 3.05) is 20.7 Å². The molecule has 3 saturated heterocycles. The van der Waals surface area contributed by atoms with E-state index < -0.39 is 6.10 Å². The van der Waals surface area contributed by atoms with Gasteiger partial charge in [-0.1, -0.05) is 30.7 Å². The van der Waals surface area contributed by atoms with Crippen LogP contribution in [-0.4, -0.2) is 97.6 Å². The monoisotopic (exact) mass is 643 g/mol. The zero-order valence-corrected chi connectivity index (χ0v) is 29.0. The van der Waals surface area contributed by atoms with E-state index in [0.717, 1.165) is 63.5 Å². The van der Waals surface area contributed by atoms with Crippen LogP contribution in [-0.2, 0) is 33.3 Å². The Morgan fingerprint density at radius 1 is 1.02 bits per heavy atom. The predicted molar refractivity (Wildman–Crippen MR) is 177 cm³/mol. The molecule has 0 aromatic carbocycles. The fraction of sp³-hybridized carbons (Fsp3) is 0.750. The molecule has 4 fully saturated rings. The van der Waals surface area contributed by atoms with Crippen LogP contribution in [0, 0.1) is 5.92 Å². The molecule has 10 nitrogen and oxygen atoms in total. The Bertz CT molecular complexity index is 1140. The van der Waals surface area contributed by atoms with Crippen molar-refractivity contribution in [1.82, 2.24) is 15.5 Å². The van der Waals surface area contributed by atoms with E-state index in [0.29, 0.717) is 12.5 Å². The van der Waals surface area contributed by atoms with Crippen LogP contribution >= 0.6 is 0 Å². The van der Waals surface area contributed by atoms with Gasteiger partial charge in [-0.15, -0.1) is 0 Å². The molecule has 8 atom stereocenters. The van der Waals surface area contributed by atoms with Crippen molar-refractivity contribution in [2.24, 2.45) is 5.92 Å². The van der Waals surface area contributed by atoms with Gasteiger partial charge in [0.2, 0.25) is 11.8 Å². The molecule has 0 bridgehead atoms. The highest BCUT2D eigenvalue weighted by Crippen LogP contribution is 2.43. The Hall–Kier alpha value is -2.53. The normalized spacial score (nSPS) is 35.8. The van der Waals surface area contributed by atoms with E-state index in [1.165, 1.54) is 13.0 Å². The van der Waals surface area contributed by atoms with Crippen molar-refractivity contribution in [3.8, 4) is 0 Å². The molecule has 3 aliphatic heterocycles. The Balaban J connectivity index is 1.21. The highest BCUT2D eigenvalue weighted by Gasteiger charge is 2.51. The van der Waals surface area contributed by atoms with Crippen LogP contribution in [0.1, 0.15) is 92.4 Å². The number of rotatable bonds is 12. The van der Waals surface area contributed by atoms with E-state index in [1.54, 1.807) is 13.0 Å². The van der Waals surface area contributed by atoms with Crippen LogP contribution in [0.25, 0.3) is 0 Å². The first kappa shape index (κ1) is 36.3. The largest absolute Gasteiger partial charge is 0.459 e. The summed E-state index contributed by atoms with van der Waals surface area (Å²) in [4.78, 5) is 38.7. The maximum atomic E-state index is 12.9.